The Bertz CT molecular complexity index is 274. The van der Waals surface area contributed by atoms with E-state index in [0.717, 1.165) is 13.1 Å². The number of rotatable bonds is 6. The molecule has 0 amide bonds. The summed E-state index contributed by atoms with van der Waals surface area (Å²) in [6.07, 6.45) is 2.08. The maximum atomic E-state index is 5.69. The molecular formula is C11H19N3S. The summed E-state index contributed by atoms with van der Waals surface area (Å²) in [6, 6.07) is 8.57. The summed E-state index contributed by atoms with van der Waals surface area (Å²) in [5.41, 5.74) is 12.4. The van der Waals surface area contributed by atoms with Gasteiger partial charge in [0.15, 0.2) is 0 Å². The Morgan fingerprint density at radius 3 is 2.53 bits per heavy atom. The predicted molar refractivity (Wildman–Crippen MR) is 67.0 cm³/mol. The molecule has 0 aliphatic rings. The highest BCUT2D eigenvalue weighted by Gasteiger charge is 1.98. The van der Waals surface area contributed by atoms with Gasteiger partial charge in [0.1, 0.15) is 0 Å². The Balaban J connectivity index is 2.31. The molecule has 0 aliphatic heterocycles. The molecule has 4 heteroatoms. The average Bonchev–Trinajstić information content (AvgIpc) is 2.29. The lowest BCUT2D eigenvalue weighted by Gasteiger charge is -2.10. The first-order valence-corrected chi connectivity index (χ1v) is 6.28. The highest BCUT2D eigenvalue weighted by atomic mass is 32.2. The molecule has 1 aromatic rings. The summed E-state index contributed by atoms with van der Waals surface area (Å²) in [7, 11) is 0. The van der Waals surface area contributed by atoms with Crippen molar-refractivity contribution in [2.45, 2.75) is 17.5 Å². The van der Waals surface area contributed by atoms with Crippen LogP contribution >= 0.6 is 11.8 Å². The van der Waals surface area contributed by atoms with Crippen LogP contribution in [0.1, 0.15) is 5.56 Å². The highest BCUT2D eigenvalue weighted by Crippen LogP contribution is 2.14. The lowest BCUT2D eigenvalue weighted by molar-refractivity contribution is 0.582. The summed E-state index contributed by atoms with van der Waals surface area (Å²) >= 11 is 1.75. The number of nitrogens with two attached hydrogens (primary N) is 2. The van der Waals surface area contributed by atoms with Crippen LogP contribution in [0.4, 0.5) is 0 Å². The molecule has 1 unspecified atom stereocenters. The monoisotopic (exact) mass is 225 g/mol. The van der Waals surface area contributed by atoms with Crippen molar-refractivity contribution < 1.29 is 0 Å². The number of benzene rings is 1. The molecule has 0 bridgehead atoms. The summed E-state index contributed by atoms with van der Waals surface area (Å²) in [4.78, 5) is 1.29. The quantitative estimate of drug-likeness (QED) is 0.626. The van der Waals surface area contributed by atoms with E-state index in [4.69, 9.17) is 11.5 Å². The Kier molecular flexibility index (Phi) is 5.71. The van der Waals surface area contributed by atoms with Crippen LogP contribution in [0.25, 0.3) is 0 Å². The zero-order chi connectivity index (χ0) is 11.1. The molecule has 0 radical (unpaired) electrons. The van der Waals surface area contributed by atoms with Gasteiger partial charge in [-0.3, -0.25) is 0 Å². The average molecular weight is 225 g/mol. The molecule has 0 heterocycles. The van der Waals surface area contributed by atoms with Crippen molar-refractivity contribution in [3.8, 4) is 0 Å². The fourth-order valence-electron chi connectivity index (χ4n) is 1.23. The van der Waals surface area contributed by atoms with E-state index in [0.29, 0.717) is 6.54 Å². The minimum absolute atomic E-state index is 0.0514. The number of hydrogen-bond acceptors (Lipinski definition) is 4. The number of nitrogens with one attached hydrogen (secondary N) is 1. The van der Waals surface area contributed by atoms with E-state index < -0.39 is 0 Å². The minimum Gasteiger partial charge on any atom is -0.329 e. The third-order valence-corrected chi connectivity index (χ3v) is 2.94. The van der Waals surface area contributed by atoms with Crippen LogP contribution in [0, 0.1) is 0 Å². The lowest BCUT2D eigenvalue weighted by Crippen LogP contribution is -2.39. The second-order valence-corrected chi connectivity index (χ2v) is 4.35. The van der Waals surface area contributed by atoms with Crippen LogP contribution in [0.3, 0.4) is 0 Å². The van der Waals surface area contributed by atoms with Crippen LogP contribution in [-0.2, 0) is 6.54 Å². The van der Waals surface area contributed by atoms with Crippen molar-refractivity contribution in [3.63, 3.8) is 0 Å². The maximum Gasteiger partial charge on any atom is 0.0290 e. The van der Waals surface area contributed by atoms with Gasteiger partial charge in [-0.25, -0.2) is 0 Å². The van der Waals surface area contributed by atoms with Crippen molar-refractivity contribution in [2.24, 2.45) is 11.5 Å². The van der Waals surface area contributed by atoms with Gasteiger partial charge in [0.2, 0.25) is 0 Å². The molecule has 84 valence electrons. The van der Waals surface area contributed by atoms with Crippen molar-refractivity contribution in [3.05, 3.63) is 29.8 Å². The smallest absolute Gasteiger partial charge is 0.0290 e. The fourth-order valence-corrected chi connectivity index (χ4v) is 1.64. The standard InChI is InChI=1S/C11H19N3S/c1-15-11-4-2-9(3-5-11)7-14-8-10(13)6-12/h2-5,10,14H,6-8,12-13H2,1H3. The molecule has 15 heavy (non-hydrogen) atoms. The normalized spacial score (nSPS) is 12.7. The van der Waals surface area contributed by atoms with Gasteiger partial charge in [0.25, 0.3) is 0 Å². The Morgan fingerprint density at radius 1 is 1.33 bits per heavy atom. The van der Waals surface area contributed by atoms with Gasteiger partial charge < -0.3 is 16.8 Å². The SMILES string of the molecule is CSc1ccc(CNCC(N)CN)cc1. The van der Waals surface area contributed by atoms with E-state index in [1.165, 1.54) is 10.5 Å². The van der Waals surface area contributed by atoms with E-state index in [1.807, 2.05) is 0 Å². The van der Waals surface area contributed by atoms with E-state index in [9.17, 15) is 0 Å². The van der Waals surface area contributed by atoms with Gasteiger partial charge in [-0.1, -0.05) is 12.1 Å². The van der Waals surface area contributed by atoms with E-state index in [1.54, 1.807) is 11.8 Å². The lowest BCUT2D eigenvalue weighted by atomic mass is 10.2. The van der Waals surface area contributed by atoms with Gasteiger partial charge in [0, 0.05) is 30.6 Å². The molecule has 1 rings (SSSR count). The second kappa shape index (κ2) is 6.85. The Morgan fingerprint density at radius 2 is 2.00 bits per heavy atom. The van der Waals surface area contributed by atoms with Crippen LogP contribution in [0.5, 0.6) is 0 Å². The Hall–Kier alpha value is -0.550. The van der Waals surface area contributed by atoms with E-state index in [2.05, 4.69) is 35.8 Å². The number of thioether (sulfide) groups is 1. The zero-order valence-corrected chi connectivity index (χ0v) is 9.89. The molecule has 0 spiro atoms. The topological polar surface area (TPSA) is 64.1 Å². The van der Waals surface area contributed by atoms with E-state index >= 15 is 0 Å². The molecule has 0 saturated heterocycles. The second-order valence-electron chi connectivity index (χ2n) is 3.47. The van der Waals surface area contributed by atoms with Crippen LogP contribution in [0.15, 0.2) is 29.2 Å². The van der Waals surface area contributed by atoms with Crippen LogP contribution in [0.2, 0.25) is 0 Å². The molecule has 3 nitrogen and oxygen atoms in total. The molecule has 5 N–H and O–H groups in total. The first kappa shape index (κ1) is 12.5. The van der Waals surface area contributed by atoms with Crippen molar-refractivity contribution in [1.82, 2.24) is 5.32 Å². The third kappa shape index (κ3) is 4.66. The highest BCUT2D eigenvalue weighted by molar-refractivity contribution is 7.98. The molecule has 1 atom stereocenters. The summed E-state index contributed by atoms with van der Waals surface area (Å²) in [5, 5.41) is 3.28. The largest absolute Gasteiger partial charge is 0.329 e. The van der Waals surface area contributed by atoms with Gasteiger partial charge in [-0.05, 0) is 24.0 Å². The van der Waals surface area contributed by atoms with Crippen LogP contribution < -0.4 is 16.8 Å². The first-order valence-electron chi connectivity index (χ1n) is 5.05. The van der Waals surface area contributed by atoms with Crippen molar-refractivity contribution >= 4 is 11.8 Å². The molecular weight excluding hydrogens is 206 g/mol. The van der Waals surface area contributed by atoms with Gasteiger partial charge >= 0.3 is 0 Å². The summed E-state index contributed by atoms with van der Waals surface area (Å²) < 4.78 is 0. The van der Waals surface area contributed by atoms with Gasteiger partial charge in [-0.2, -0.15) is 0 Å². The number of hydrogen-bond donors (Lipinski definition) is 3. The molecule has 0 saturated carbocycles. The summed E-state index contributed by atoms with van der Waals surface area (Å²) in [6.45, 7) is 2.14. The molecule has 0 aliphatic carbocycles. The first-order chi connectivity index (χ1) is 7.26. The van der Waals surface area contributed by atoms with Crippen LogP contribution in [-0.4, -0.2) is 25.4 Å². The maximum absolute atomic E-state index is 5.69. The Labute approximate surface area is 95.6 Å². The zero-order valence-electron chi connectivity index (χ0n) is 9.07. The predicted octanol–water partition coefficient (Wildman–Crippen LogP) is 0.784. The summed E-state index contributed by atoms with van der Waals surface area (Å²) in [5.74, 6) is 0. The fraction of sp³-hybridized carbons (Fsp3) is 0.455. The molecule has 0 aromatic heterocycles. The van der Waals surface area contributed by atoms with Gasteiger partial charge in [0.05, 0.1) is 0 Å². The van der Waals surface area contributed by atoms with E-state index in [-0.39, 0.29) is 6.04 Å². The van der Waals surface area contributed by atoms with Crippen molar-refractivity contribution in [1.29, 1.82) is 0 Å². The molecule has 0 fully saturated rings. The molecule has 1 aromatic carbocycles. The minimum atomic E-state index is 0.0514. The third-order valence-electron chi connectivity index (χ3n) is 2.20. The van der Waals surface area contributed by atoms with Crippen molar-refractivity contribution in [2.75, 3.05) is 19.3 Å². The van der Waals surface area contributed by atoms with Gasteiger partial charge in [-0.15, -0.1) is 11.8 Å².